The van der Waals surface area contributed by atoms with Crippen LogP contribution in [0.25, 0.3) is 0 Å². The first-order chi connectivity index (χ1) is 7.06. The summed E-state index contributed by atoms with van der Waals surface area (Å²) in [7, 11) is 0. The van der Waals surface area contributed by atoms with Crippen molar-refractivity contribution in [3.05, 3.63) is 27.7 Å². The van der Waals surface area contributed by atoms with Crippen molar-refractivity contribution >= 4 is 39.2 Å². The van der Waals surface area contributed by atoms with E-state index in [1.54, 1.807) is 18.2 Å². The molecule has 5 heteroatoms. The van der Waals surface area contributed by atoms with Gasteiger partial charge in [-0.2, -0.15) is 0 Å². The van der Waals surface area contributed by atoms with Gasteiger partial charge in [-0.3, -0.25) is 0 Å². The molecule has 0 bridgehead atoms. The fraction of sp³-hybridized carbons (Fsp3) is 0.300. The molecule has 0 aliphatic carbocycles. The SMILES string of the molecule is CCC(Nc1cccc(Cl)c1Br)C(=O)O. The van der Waals surface area contributed by atoms with Gasteiger partial charge in [-0.15, -0.1) is 0 Å². The average Bonchev–Trinajstić information content (AvgIpc) is 2.19. The lowest BCUT2D eigenvalue weighted by molar-refractivity contribution is -0.137. The summed E-state index contributed by atoms with van der Waals surface area (Å²) in [6.45, 7) is 1.81. The van der Waals surface area contributed by atoms with Crippen molar-refractivity contribution in [2.75, 3.05) is 5.32 Å². The van der Waals surface area contributed by atoms with E-state index in [-0.39, 0.29) is 0 Å². The summed E-state index contributed by atoms with van der Waals surface area (Å²) in [5, 5.41) is 12.3. The highest BCUT2D eigenvalue weighted by molar-refractivity contribution is 9.10. The van der Waals surface area contributed by atoms with Crippen molar-refractivity contribution in [3.8, 4) is 0 Å². The third-order valence-electron chi connectivity index (χ3n) is 1.99. The minimum Gasteiger partial charge on any atom is -0.480 e. The molecule has 1 atom stereocenters. The number of aliphatic carboxylic acids is 1. The molecule has 0 heterocycles. The molecular weight excluding hydrogens is 281 g/mol. The van der Waals surface area contributed by atoms with E-state index >= 15 is 0 Å². The lowest BCUT2D eigenvalue weighted by atomic mass is 10.2. The highest BCUT2D eigenvalue weighted by atomic mass is 79.9. The van der Waals surface area contributed by atoms with Crippen LogP contribution >= 0.6 is 27.5 Å². The molecule has 0 fully saturated rings. The van der Waals surface area contributed by atoms with Gasteiger partial charge in [0.25, 0.3) is 0 Å². The van der Waals surface area contributed by atoms with E-state index in [2.05, 4.69) is 21.2 Å². The van der Waals surface area contributed by atoms with Gasteiger partial charge in [-0.05, 0) is 34.5 Å². The predicted molar refractivity (Wildman–Crippen MR) is 64.5 cm³/mol. The lowest BCUT2D eigenvalue weighted by Gasteiger charge is -2.15. The Kier molecular flexibility index (Phi) is 4.42. The molecule has 0 radical (unpaired) electrons. The van der Waals surface area contributed by atoms with Gasteiger partial charge in [0.05, 0.1) is 15.2 Å². The first-order valence-electron chi connectivity index (χ1n) is 4.49. The Balaban J connectivity index is 2.88. The van der Waals surface area contributed by atoms with Crippen molar-refractivity contribution in [1.29, 1.82) is 0 Å². The zero-order chi connectivity index (χ0) is 11.4. The van der Waals surface area contributed by atoms with Gasteiger partial charge < -0.3 is 10.4 Å². The molecule has 0 aliphatic heterocycles. The van der Waals surface area contributed by atoms with Crippen molar-refractivity contribution < 1.29 is 9.90 Å². The topological polar surface area (TPSA) is 49.3 Å². The third kappa shape index (κ3) is 3.11. The van der Waals surface area contributed by atoms with Crippen LogP contribution in [0.3, 0.4) is 0 Å². The van der Waals surface area contributed by atoms with E-state index in [1.165, 1.54) is 0 Å². The van der Waals surface area contributed by atoms with Gasteiger partial charge in [-0.25, -0.2) is 4.79 Å². The highest BCUT2D eigenvalue weighted by Crippen LogP contribution is 2.30. The van der Waals surface area contributed by atoms with Crippen LogP contribution in [-0.4, -0.2) is 17.1 Å². The van der Waals surface area contributed by atoms with Gasteiger partial charge in [0, 0.05) is 0 Å². The number of hydrogen-bond donors (Lipinski definition) is 2. The minimum absolute atomic E-state index is 0.508. The van der Waals surface area contributed by atoms with Gasteiger partial charge in [-0.1, -0.05) is 24.6 Å². The summed E-state index contributed by atoms with van der Waals surface area (Å²) in [4.78, 5) is 10.8. The quantitative estimate of drug-likeness (QED) is 0.894. The van der Waals surface area contributed by atoms with Gasteiger partial charge in [0.1, 0.15) is 6.04 Å². The molecule has 1 aromatic carbocycles. The number of benzene rings is 1. The normalized spacial score (nSPS) is 12.2. The van der Waals surface area contributed by atoms with Crippen molar-refractivity contribution in [3.63, 3.8) is 0 Å². The second-order valence-corrected chi connectivity index (χ2v) is 4.24. The molecule has 0 amide bonds. The van der Waals surface area contributed by atoms with Gasteiger partial charge >= 0.3 is 5.97 Å². The number of carbonyl (C=O) groups is 1. The molecular formula is C10H11BrClNO2. The van der Waals surface area contributed by atoms with E-state index in [0.717, 1.165) is 0 Å². The van der Waals surface area contributed by atoms with Crippen molar-refractivity contribution in [2.24, 2.45) is 0 Å². The number of rotatable bonds is 4. The molecule has 0 aromatic heterocycles. The maximum Gasteiger partial charge on any atom is 0.326 e. The Morgan fingerprint density at radius 2 is 2.33 bits per heavy atom. The molecule has 1 rings (SSSR count). The van der Waals surface area contributed by atoms with Gasteiger partial charge in [0.2, 0.25) is 0 Å². The maximum atomic E-state index is 10.8. The second kappa shape index (κ2) is 5.37. The van der Waals surface area contributed by atoms with Crippen molar-refractivity contribution in [2.45, 2.75) is 19.4 Å². The molecule has 0 spiro atoms. The van der Waals surface area contributed by atoms with Crippen LogP contribution in [0.15, 0.2) is 22.7 Å². The molecule has 1 unspecified atom stereocenters. The number of anilines is 1. The number of carboxylic acids is 1. The van der Waals surface area contributed by atoms with Crippen LogP contribution in [0.1, 0.15) is 13.3 Å². The van der Waals surface area contributed by atoms with Crippen molar-refractivity contribution in [1.82, 2.24) is 0 Å². The predicted octanol–water partition coefficient (Wildman–Crippen LogP) is 3.38. The van der Waals surface area contributed by atoms with Gasteiger partial charge in [0.15, 0.2) is 0 Å². The first kappa shape index (κ1) is 12.3. The zero-order valence-electron chi connectivity index (χ0n) is 8.13. The van der Waals surface area contributed by atoms with Crippen LogP contribution in [0, 0.1) is 0 Å². The van der Waals surface area contributed by atoms with Crippen LogP contribution in [0.4, 0.5) is 5.69 Å². The first-order valence-corrected chi connectivity index (χ1v) is 5.66. The van der Waals surface area contributed by atoms with Crippen LogP contribution in [0.5, 0.6) is 0 Å². The summed E-state index contributed by atoms with van der Waals surface area (Å²) in [5.74, 6) is -0.871. The zero-order valence-corrected chi connectivity index (χ0v) is 10.5. The minimum atomic E-state index is -0.871. The van der Waals surface area contributed by atoms with E-state index in [1.807, 2.05) is 6.92 Å². The fourth-order valence-electron chi connectivity index (χ4n) is 1.14. The molecule has 15 heavy (non-hydrogen) atoms. The lowest BCUT2D eigenvalue weighted by Crippen LogP contribution is -2.28. The van der Waals surface area contributed by atoms with E-state index in [0.29, 0.717) is 21.6 Å². The highest BCUT2D eigenvalue weighted by Gasteiger charge is 2.15. The fourth-order valence-corrected chi connectivity index (χ4v) is 1.69. The summed E-state index contributed by atoms with van der Waals surface area (Å²) >= 11 is 9.19. The largest absolute Gasteiger partial charge is 0.480 e. The molecule has 1 aromatic rings. The standard InChI is InChI=1S/C10H11BrClNO2/c1-2-7(10(14)15)13-8-5-3-4-6(12)9(8)11/h3-5,7,13H,2H2,1H3,(H,14,15). The average molecular weight is 293 g/mol. The monoisotopic (exact) mass is 291 g/mol. The van der Waals surface area contributed by atoms with Crippen LogP contribution < -0.4 is 5.32 Å². The summed E-state index contributed by atoms with van der Waals surface area (Å²) in [6, 6.07) is 4.68. The Hall–Kier alpha value is -0.740. The molecule has 82 valence electrons. The smallest absolute Gasteiger partial charge is 0.326 e. The number of carboxylic acid groups (broad SMARTS) is 1. The van der Waals surface area contributed by atoms with E-state index < -0.39 is 12.0 Å². The number of hydrogen-bond acceptors (Lipinski definition) is 2. The number of nitrogens with one attached hydrogen (secondary N) is 1. The second-order valence-electron chi connectivity index (χ2n) is 3.04. The molecule has 0 saturated carbocycles. The van der Waals surface area contributed by atoms with Crippen LogP contribution in [0.2, 0.25) is 5.02 Å². The molecule has 3 nitrogen and oxygen atoms in total. The Morgan fingerprint density at radius 1 is 1.67 bits per heavy atom. The summed E-state index contributed by atoms with van der Waals surface area (Å²) in [6.07, 6.45) is 0.508. The molecule has 0 saturated heterocycles. The van der Waals surface area contributed by atoms with Crippen LogP contribution in [-0.2, 0) is 4.79 Å². The summed E-state index contributed by atoms with van der Waals surface area (Å²) in [5.41, 5.74) is 0.691. The van der Waals surface area contributed by atoms with E-state index in [4.69, 9.17) is 16.7 Å². The Labute approximate surface area is 102 Å². The Bertz CT molecular complexity index is 370. The third-order valence-corrected chi connectivity index (χ3v) is 3.39. The summed E-state index contributed by atoms with van der Waals surface area (Å²) < 4.78 is 0.686. The number of halogens is 2. The molecule has 0 aliphatic rings. The molecule has 2 N–H and O–H groups in total. The van der Waals surface area contributed by atoms with E-state index in [9.17, 15) is 4.79 Å². The maximum absolute atomic E-state index is 10.8. The Morgan fingerprint density at radius 3 is 2.87 bits per heavy atom.